The number of rotatable bonds is 1. The molecule has 2 aliphatic rings. The van der Waals surface area contributed by atoms with Gasteiger partial charge in [-0.3, -0.25) is 0 Å². The minimum absolute atomic E-state index is 0.501. The molecule has 0 radical (unpaired) electrons. The molecule has 0 bridgehead atoms. The first-order chi connectivity index (χ1) is 7.93. The van der Waals surface area contributed by atoms with Crippen LogP contribution in [-0.4, -0.2) is 29.7 Å². The molecular formula is C12H17N3O. The molecule has 1 fully saturated rings. The van der Waals surface area contributed by atoms with Crippen LogP contribution in [0.3, 0.4) is 0 Å². The zero-order valence-electron chi connectivity index (χ0n) is 9.41. The summed E-state index contributed by atoms with van der Waals surface area (Å²) in [5, 5.41) is 3.36. The van der Waals surface area contributed by atoms with E-state index >= 15 is 0 Å². The predicted octanol–water partition coefficient (Wildman–Crippen LogP) is 1.02. The van der Waals surface area contributed by atoms with Gasteiger partial charge in [0, 0.05) is 31.9 Å². The van der Waals surface area contributed by atoms with Gasteiger partial charge in [-0.1, -0.05) is 0 Å². The molecule has 1 aromatic heterocycles. The van der Waals surface area contributed by atoms with Crippen molar-refractivity contribution < 1.29 is 4.74 Å². The van der Waals surface area contributed by atoms with Gasteiger partial charge in [-0.15, -0.1) is 0 Å². The molecule has 1 N–H and O–H groups in total. The number of hydrogen-bond donors (Lipinski definition) is 1. The van der Waals surface area contributed by atoms with Crippen LogP contribution in [0.1, 0.15) is 35.8 Å². The average molecular weight is 219 g/mol. The maximum atomic E-state index is 5.37. The van der Waals surface area contributed by atoms with Gasteiger partial charge in [0.1, 0.15) is 5.82 Å². The molecule has 4 heteroatoms. The Morgan fingerprint density at radius 2 is 2.19 bits per heavy atom. The van der Waals surface area contributed by atoms with Gasteiger partial charge in [-0.2, -0.15) is 0 Å². The van der Waals surface area contributed by atoms with Crippen molar-refractivity contribution >= 4 is 0 Å². The molecule has 0 amide bonds. The van der Waals surface area contributed by atoms with E-state index in [1.54, 1.807) is 0 Å². The number of hydrogen-bond acceptors (Lipinski definition) is 4. The Hall–Kier alpha value is -1.00. The van der Waals surface area contributed by atoms with Crippen LogP contribution in [0.4, 0.5) is 0 Å². The third-order valence-electron chi connectivity index (χ3n) is 3.42. The minimum atomic E-state index is 0.501. The van der Waals surface area contributed by atoms with Crippen LogP contribution in [-0.2, 0) is 17.7 Å². The second-order valence-corrected chi connectivity index (χ2v) is 4.51. The molecule has 1 aromatic rings. The summed E-state index contributed by atoms with van der Waals surface area (Å²) < 4.78 is 5.37. The van der Waals surface area contributed by atoms with Crippen molar-refractivity contribution in [1.82, 2.24) is 15.3 Å². The van der Waals surface area contributed by atoms with E-state index in [0.29, 0.717) is 5.92 Å². The molecule has 0 spiro atoms. The zero-order valence-corrected chi connectivity index (χ0v) is 9.41. The van der Waals surface area contributed by atoms with E-state index in [1.807, 2.05) is 6.20 Å². The lowest BCUT2D eigenvalue weighted by Crippen LogP contribution is -2.26. The minimum Gasteiger partial charge on any atom is -0.381 e. The van der Waals surface area contributed by atoms with Crippen LogP contribution in [0.25, 0.3) is 0 Å². The summed E-state index contributed by atoms with van der Waals surface area (Å²) >= 11 is 0. The van der Waals surface area contributed by atoms with E-state index in [0.717, 1.165) is 51.4 Å². The first-order valence-corrected chi connectivity index (χ1v) is 6.06. The molecule has 3 heterocycles. The van der Waals surface area contributed by atoms with Crippen molar-refractivity contribution in [2.24, 2.45) is 0 Å². The molecular weight excluding hydrogens is 202 g/mol. The standard InChI is InChI=1S/C12H17N3O/c1-4-13-8-11-10(1)7-14-12(15-11)9-2-5-16-6-3-9/h7,9,13H,1-6,8H2. The molecule has 16 heavy (non-hydrogen) atoms. The zero-order chi connectivity index (χ0) is 10.8. The quantitative estimate of drug-likeness (QED) is 0.766. The van der Waals surface area contributed by atoms with Gasteiger partial charge in [-0.25, -0.2) is 9.97 Å². The lowest BCUT2D eigenvalue weighted by molar-refractivity contribution is 0.0835. The predicted molar refractivity (Wildman–Crippen MR) is 60.2 cm³/mol. The average Bonchev–Trinajstić information content (AvgIpc) is 2.39. The highest BCUT2D eigenvalue weighted by atomic mass is 16.5. The molecule has 0 saturated carbocycles. The third kappa shape index (κ3) is 1.95. The number of nitrogens with one attached hydrogen (secondary N) is 1. The van der Waals surface area contributed by atoms with E-state index in [4.69, 9.17) is 9.72 Å². The summed E-state index contributed by atoms with van der Waals surface area (Å²) in [7, 11) is 0. The van der Waals surface area contributed by atoms with Gasteiger partial charge >= 0.3 is 0 Å². The number of ether oxygens (including phenoxy) is 1. The number of nitrogens with zero attached hydrogens (tertiary/aromatic N) is 2. The molecule has 0 aliphatic carbocycles. The van der Waals surface area contributed by atoms with Gasteiger partial charge in [0.2, 0.25) is 0 Å². The molecule has 86 valence electrons. The Labute approximate surface area is 95.4 Å². The first-order valence-electron chi connectivity index (χ1n) is 6.06. The number of fused-ring (bicyclic) bond motifs is 1. The van der Waals surface area contributed by atoms with Crippen LogP contribution < -0.4 is 5.32 Å². The summed E-state index contributed by atoms with van der Waals surface area (Å²) in [6, 6.07) is 0. The second kappa shape index (κ2) is 4.47. The van der Waals surface area contributed by atoms with Crippen molar-refractivity contribution in [3.05, 3.63) is 23.3 Å². The van der Waals surface area contributed by atoms with Gasteiger partial charge < -0.3 is 10.1 Å². The summed E-state index contributed by atoms with van der Waals surface area (Å²) in [5.41, 5.74) is 2.51. The van der Waals surface area contributed by atoms with Crippen LogP contribution in [0.5, 0.6) is 0 Å². The SMILES string of the molecule is c1nc(C2CCOCC2)nc2c1CCNC2. The molecule has 1 saturated heterocycles. The van der Waals surface area contributed by atoms with Crippen molar-refractivity contribution in [3.8, 4) is 0 Å². The summed E-state index contributed by atoms with van der Waals surface area (Å²) in [5.74, 6) is 1.52. The van der Waals surface area contributed by atoms with Gasteiger partial charge in [0.05, 0.1) is 5.69 Å². The van der Waals surface area contributed by atoms with E-state index in [1.165, 1.54) is 11.3 Å². The monoisotopic (exact) mass is 219 g/mol. The topological polar surface area (TPSA) is 47.0 Å². The molecule has 2 aliphatic heterocycles. The fourth-order valence-corrected chi connectivity index (χ4v) is 2.40. The molecule has 4 nitrogen and oxygen atoms in total. The molecule has 0 unspecified atom stereocenters. The lowest BCUT2D eigenvalue weighted by Gasteiger charge is -2.22. The van der Waals surface area contributed by atoms with Crippen molar-refractivity contribution in [2.45, 2.75) is 31.7 Å². The first kappa shape index (κ1) is 10.2. The summed E-state index contributed by atoms with van der Waals surface area (Å²) in [6.45, 7) is 3.65. The normalized spacial score (nSPS) is 21.8. The van der Waals surface area contributed by atoms with E-state index in [9.17, 15) is 0 Å². The smallest absolute Gasteiger partial charge is 0.131 e. The van der Waals surface area contributed by atoms with Gasteiger partial charge in [-0.05, 0) is 31.4 Å². The van der Waals surface area contributed by atoms with Crippen LogP contribution in [0.2, 0.25) is 0 Å². The Morgan fingerprint density at radius 1 is 1.31 bits per heavy atom. The van der Waals surface area contributed by atoms with E-state index in [-0.39, 0.29) is 0 Å². The fourth-order valence-electron chi connectivity index (χ4n) is 2.40. The molecule has 0 aromatic carbocycles. The Bertz CT molecular complexity index is 375. The molecule has 3 rings (SSSR count). The van der Waals surface area contributed by atoms with Crippen molar-refractivity contribution in [3.63, 3.8) is 0 Å². The van der Waals surface area contributed by atoms with Gasteiger partial charge in [0.15, 0.2) is 0 Å². The fraction of sp³-hybridized carbons (Fsp3) is 0.667. The third-order valence-corrected chi connectivity index (χ3v) is 3.42. The maximum absolute atomic E-state index is 5.37. The van der Waals surface area contributed by atoms with Crippen LogP contribution >= 0.6 is 0 Å². The number of aromatic nitrogens is 2. The highest BCUT2D eigenvalue weighted by Gasteiger charge is 2.20. The second-order valence-electron chi connectivity index (χ2n) is 4.51. The summed E-state index contributed by atoms with van der Waals surface area (Å²) in [6.07, 6.45) is 5.20. The molecule has 0 atom stereocenters. The van der Waals surface area contributed by atoms with E-state index < -0.39 is 0 Å². The summed E-state index contributed by atoms with van der Waals surface area (Å²) in [4.78, 5) is 9.23. The van der Waals surface area contributed by atoms with Crippen molar-refractivity contribution in [1.29, 1.82) is 0 Å². The maximum Gasteiger partial charge on any atom is 0.131 e. The van der Waals surface area contributed by atoms with Crippen LogP contribution in [0, 0.1) is 0 Å². The Morgan fingerprint density at radius 3 is 3.06 bits per heavy atom. The van der Waals surface area contributed by atoms with Gasteiger partial charge in [0.25, 0.3) is 0 Å². The highest BCUT2D eigenvalue weighted by Crippen LogP contribution is 2.24. The highest BCUT2D eigenvalue weighted by molar-refractivity contribution is 5.21. The Balaban J connectivity index is 1.84. The van der Waals surface area contributed by atoms with Crippen LogP contribution in [0.15, 0.2) is 6.20 Å². The van der Waals surface area contributed by atoms with E-state index in [2.05, 4.69) is 10.3 Å². The van der Waals surface area contributed by atoms with Crippen molar-refractivity contribution in [2.75, 3.05) is 19.8 Å². The lowest BCUT2D eigenvalue weighted by atomic mass is 9.98. The Kier molecular flexibility index (Phi) is 2.84. The largest absolute Gasteiger partial charge is 0.381 e.